The molecule has 0 fully saturated rings. The van der Waals surface area contributed by atoms with E-state index >= 15 is 0 Å². The van der Waals surface area contributed by atoms with Crippen molar-refractivity contribution in [3.05, 3.63) is 0 Å². The molecule has 0 nitrogen and oxygen atoms in total. The molecule has 146 valence electrons. The molecule has 0 saturated heterocycles. The van der Waals surface area contributed by atoms with Crippen LogP contribution >= 0.6 is 0 Å². The Morgan fingerprint density at radius 3 is 1.50 bits per heavy atom. The van der Waals surface area contributed by atoms with E-state index in [-0.39, 0.29) is 0 Å². The van der Waals surface area contributed by atoms with Gasteiger partial charge in [0.15, 0.2) is 0 Å². The van der Waals surface area contributed by atoms with Crippen LogP contribution in [0.15, 0.2) is 0 Å². The molecule has 7 unspecified atom stereocenters. The van der Waals surface area contributed by atoms with Gasteiger partial charge in [-0.05, 0) is 53.8 Å². The Kier molecular flexibility index (Phi) is 12.4. The second kappa shape index (κ2) is 12.4. The van der Waals surface area contributed by atoms with E-state index in [1.807, 2.05) is 0 Å². The molecule has 0 heteroatoms. The Labute approximate surface area is 155 Å². The van der Waals surface area contributed by atoms with Gasteiger partial charge in [-0.1, -0.05) is 101 Å². The second-order valence-electron chi connectivity index (χ2n) is 9.41. The number of rotatable bonds is 13. The summed E-state index contributed by atoms with van der Waals surface area (Å²) in [6.45, 7) is 24.5. The van der Waals surface area contributed by atoms with Gasteiger partial charge in [-0.25, -0.2) is 0 Å². The van der Waals surface area contributed by atoms with Crippen LogP contribution in [0.3, 0.4) is 0 Å². The lowest BCUT2D eigenvalue weighted by Gasteiger charge is -2.40. The summed E-state index contributed by atoms with van der Waals surface area (Å²) >= 11 is 0. The standard InChI is InChI=1S/C24H50/c1-11-14-24(23(13-3)16-15-17(4)5)22(10)21(9)20(8)19(7)18(6)12-2/h17-24H,11-16H2,1-10H3. The van der Waals surface area contributed by atoms with Gasteiger partial charge in [-0.15, -0.1) is 0 Å². The highest BCUT2D eigenvalue weighted by Crippen LogP contribution is 2.41. The largest absolute Gasteiger partial charge is 0.0654 e. The molecular weight excluding hydrogens is 288 g/mol. The van der Waals surface area contributed by atoms with Crippen LogP contribution in [-0.4, -0.2) is 0 Å². The molecule has 0 rings (SSSR count). The van der Waals surface area contributed by atoms with E-state index in [9.17, 15) is 0 Å². The lowest BCUT2D eigenvalue weighted by atomic mass is 9.65. The summed E-state index contributed by atoms with van der Waals surface area (Å²) in [6.07, 6.45) is 8.28. The third-order valence-corrected chi connectivity index (χ3v) is 7.57. The third kappa shape index (κ3) is 7.49. The van der Waals surface area contributed by atoms with Crippen molar-refractivity contribution in [1.29, 1.82) is 0 Å². The summed E-state index contributed by atoms with van der Waals surface area (Å²) in [7, 11) is 0. The first-order valence-electron chi connectivity index (χ1n) is 11.2. The molecule has 0 aliphatic heterocycles. The molecule has 24 heavy (non-hydrogen) atoms. The fourth-order valence-electron chi connectivity index (χ4n) is 4.77. The van der Waals surface area contributed by atoms with Crippen molar-refractivity contribution in [2.75, 3.05) is 0 Å². The maximum Gasteiger partial charge on any atom is -0.0358 e. The summed E-state index contributed by atoms with van der Waals surface area (Å²) in [5.74, 6) is 6.89. The van der Waals surface area contributed by atoms with Gasteiger partial charge in [0.1, 0.15) is 0 Å². The Bertz CT molecular complexity index is 292. The molecule has 0 heterocycles. The molecule has 0 saturated carbocycles. The zero-order valence-corrected chi connectivity index (χ0v) is 18.9. The van der Waals surface area contributed by atoms with Gasteiger partial charge in [0.25, 0.3) is 0 Å². The summed E-state index contributed by atoms with van der Waals surface area (Å²) in [6, 6.07) is 0. The first-order valence-corrected chi connectivity index (χ1v) is 11.2. The molecule has 0 amide bonds. The van der Waals surface area contributed by atoms with Crippen molar-refractivity contribution >= 4 is 0 Å². The lowest BCUT2D eigenvalue weighted by Crippen LogP contribution is -2.32. The first-order chi connectivity index (χ1) is 11.2. The summed E-state index contributed by atoms with van der Waals surface area (Å²) in [5, 5.41) is 0. The molecule has 0 aliphatic carbocycles. The van der Waals surface area contributed by atoms with E-state index in [4.69, 9.17) is 0 Å². The molecule has 0 aromatic heterocycles. The normalized spacial score (nSPS) is 21.1. The van der Waals surface area contributed by atoms with Crippen molar-refractivity contribution in [3.63, 3.8) is 0 Å². The average Bonchev–Trinajstić information content (AvgIpc) is 2.57. The minimum absolute atomic E-state index is 0.830. The van der Waals surface area contributed by atoms with Crippen LogP contribution in [0.5, 0.6) is 0 Å². The van der Waals surface area contributed by atoms with Crippen LogP contribution in [-0.2, 0) is 0 Å². The highest BCUT2D eigenvalue weighted by atomic mass is 14.4. The van der Waals surface area contributed by atoms with E-state index in [2.05, 4.69) is 69.2 Å². The highest BCUT2D eigenvalue weighted by Gasteiger charge is 2.33. The van der Waals surface area contributed by atoms with E-state index in [1.54, 1.807) is 0 Å². The Hall–Kier alpha value is 0. The quantitative estimate of drug-likeness (QED) is 0.316. The van der Waals surface area contributed by atoms with E-state index in [1.165, 1.54) is 38.5 Å². The zero-order chi connectivity index (χ0) is 18.9. The fraction of sp³-hybridized carbons (Fsp3) is 1.00. The molecule has 0 aliphatic rings. The summed E-state index contributed by atoms with van der Waals surface area (Å²) in [4.78, 5) is 0. The van der Waals surface area contributed by atoms with Gasteiger partial charge in [0, 0.05) is 0 Å². The zero-order valence-electron chi connectivity index (χ0n) is 18.9. The van der Waals surface area contributed by atoms with Crippen molar-refractivity contribution in [2.45, 2.75) is 108 Å². The topological polar surface area (TPSA) is 0 Å². The minimum Gasteiger partial charge on any atom is -0.0654 e. The maximum absolute atomic E-state index is 2.57. The molecule has 0 radical (unpaired) electrons. The van der Waals surface area contributed by atoms with E-state index in [0.717, 1.165) is 47.3 Å². The molecule has 0 aromatic carbocycles. The SMILES string of the molecule is CCCC(C(CC)CCC(C)C)C(C)C(C)C(C)C(C)C(C)CC. The summed E-state index contributed by atoms with van der Waals surface area (Å²) in [5.41, 5.74) is 0. The van der Waals surface area contributed by atoms with Gasteiger partial charge < -0.3 is 0 Å². The first kappa shape index (κ1) is 24.0. The Morgan fingerprint density at radius 1 is 0.542 bits per heavy atom. The molecule has 0 spiro atoms. The molecule has 0 N–H and O–H groups in total. The maximum atomic E-state index is 2.57. The molecular formula is C24H50. The number of hydrogen-bond acceptors (Lipinski definition) is 0. The van der Waals surface area contributed by atoms with Crippen molar-refractivity contribution in [1.82, 2.24) is 0 Å². The van der Waals surface area contributed by atoms with Gasteiger partial charge in [0.05, 0.1) is 0 Å². The Balaban J connectivity index is 5.06. The van der Waals surface area contributed by atoms with Crippen LogP contribution in [0.25, 0.3) is 0 Å². The van der Waals surface area contributed by atoms with Gasteiger partial charge >= 0.3 is 0 Å². The van der Waals surface area contributed by atoms with Crippen LogP contribution < -0.4 is 0 Å². The van der Waals surface area contributed by atoms with Crippen LogP contribution in [0, 0.1) is 47.3 Å². The smallest absolute Gasteiger partial charge is 0.0358 e. The average molecular weight is 339 g/mol. The van der Waals surface area contributed by atoms with Gasteiger partial charge in [-0.2, -0.15) is 0 Å². The third-order valence-electron chi connectivity index (χ3n) is 7.57. The fourth-order valence-corrected chi connectivity index (χ4v) is 4.77. The lowest BCUT2D eigenvalue weighted by molar-refractivity contribution is 0.0925. The van der Waals surface area contributed by atoms with Gasteiger partial charge in [0.2, 0.25) is 0 Å². The van der Waals surface area contributed by atoms with E-state index < -0.39 is 0 Å². The minimum atomic E-state index is 0.830. The van der Waals surface area contributed by atoms with Crippen molar-refractivity contribution in [3.8, 4) is 0 Å². The molecule has 0 bridgehead atoms. The predicted octanol–water partition coefficient (Wildman–Crippen LogP) is 8.46. The van der Waals surface area contributed by atoms with Crippen LogP contribution in [0.1, 0.15) is 108 Å². The predicted molar refractivity (Wildman–Crippen MR) is 112 cm³/mol. The molecule has 7 atom stereocenters. The Morgan fingerprint density at radius 2 is 1.08 bits per heavy atom. The summed E-state index contributed by atoms with van der Waals surface area (Å²) < 4.78 is 0. The van der Waals surface area contributed by atoms with E-state index in [0.29, 0.717) is 0 Å². The van der Waals surface area contributed by atoms with Crippen LogP contribution in [0.2, 0.25) is 0 Å². The van der Waals surface area contributed by atoms with Gasteiger partial charge in [-0.3, -0.25) is 0 Å². The second-order valence-corrected chi connectivity index (χ2v) is 9.41. The highest BCUT2D eigenvalue weighted by molar-refractivity contribution is 4.82. The van der Waals surface area contributed by atoms with Crippen LogP contribution in [0.4, 0.5) is 0 Å². The number of hydrogen-bond donors (Lipinski definition) is 0. The van der Waals surface area contributed by atoms with Crippen molar-refractivity contribution < 1.29 is 0 Å². The monoisotopic (exact) mass is 338 g/mol. The van der Waals surface area contributed by atoms with Crippen molar-refractivity contribution in [2.24, 2.45) is 47.3 Å². The molecule has 0 aromatic rings.